The highest BCUT2D eigenvalue weighted by atomic mass is 32.1. The molecule has 0 bridgehead atoms. The van der Waals surface area contributed by atoms with Gasteiger partial charge in [0.25, 0.3) is 0 Å². The van der Waals surface area contributed by atoms with Crippen molar-refractivity contribution in [2.24, 2.45) is 0 Å². The van der Waals surface area contributed by atoms with Crippen LogP contribution < -0.4 is 10.2 Å². The summed E-state index contributed by atoms with van der Waals surface area (Å²) in [5.41, 5.74) is 0.645. The molecule has 3 rings (SSSR count). The fourth-order valence-corrected chi connectivity index (χ4v) is 3.92. The molecular weight excluding hydrogens is 262 g/mol. The summed E-state index contributed by atoms with van der Waals surface area (Å²) in [7, 11) is 0. The van der Waals surface area contributed by atoms with Crippen LogP contribution in [0.25, 0.3) is 0 Å². The van der Waals surface area contributed by atoms with Gasteiger partial charge in [-0.25, -0.2) is 4.98 Å². The number of carbonyl (C=O) groups is 2. The molecule has 0 radical (unpaired) electrons. The SMILES string of the molecule is CCC1C(=O)NCCN1c1nc2c(s1)CCCC2=O. The first-order chi connectivity index (χ1) is 9.20. The Morgan fingerprint density at radius 1 is 1.42 bits per heavy atom. The molecule has 6 heteroatoms. The molecule has 1 aromatic heterocycles. The molecule has 1 aliphatic heterocycles. The fraction of sp³-hybridized carbons (Fsp3) is 0.615. The van der Waals surface area contributed by atoms with Gasteiger partial charge in [0.15, 0.2) is 10.9 Å². The van der Waals surface area contributed by atoms with Gasteiger partial charge >= 0.3 is 0 Å². The molecule has 1 amide bonds. The fourth-order valence-electron chi connectivity index (χ4n) is 2.73. The average molecular weight is 279 g/mol. The van der Waals surface area contributed by atoms with E-state index in [4.69, 9.17) is 0 Å². The highest BCUT2D eigenvalue weighted by molar-refractivity contribution is 7.16. The van der Waals surface area contributed by atoms with Gasteiger partial charge in [0.05, 0.1) is 0 Å². The number of rotatable bonds is 2. The Hall–Kier alpha value is -1.43. The molecular formula is C13H17N3O2S. The van der Waals surface area contributed by atoms with Crippen molar-refractivity contribution in [3.8, 4) is 0 Å². The topological polar surface area (TPSA) is 62.3 Å². The van der Waals surface area contributed by atoms with Crippen LogP contribution in [0, 0.1) is 0 Å². The third-order valence-electron chi connectivity index (χ3n) is 3.72. The van der Waals surface area contributed by atoms with E-state index in [2.05, 4.69) is 15.2 Å². The summed E-state index contributed by atoms with van der Waals surface area (Å²) in [6, 6.07) is -0.156. The lowest BCUT2D eigenvalue weighted by Crippen LogP contribution is -2.55. The maximum atomic E-state index is 11.9. The molecule has 0 aromatic carbocycles. The lowest BCUT2D eigenvalue weighted by molar-refractivity contribution is -0.123. The normalized spacial score (nSPS) is 23.2. The minimum Gasteiger partial charge on any atom is -0.353 e. The van der Waals surface area contributed by atoms with Gasteiger partial charge in [-0.2, -0.15) is 0 Å². The van der Waals surface area contributed by atoms with E-state index in [-0.39, 0.29) is 17.7 Å². The molecule has 1 saturated heterocycles. The van der Waals surface area contributed by atoms with Crippen molar-refractivity contribution in [3.63, 3.8) is 0 Å². The standard InChI is InChI=1S/C13H17N3O2S/c1-2-8-12(18)14-6-7-16(8)13-15-11-9(17)4-3-5-10(11)19-13/h8H,2-7H2,1H3,(H,14,18). The summed E-state index contributed by atoms with van der Waals surface area (Å²) in [4.78, 5) is 31.4. The van der Waals surface area contributed by atoms with Gasteiger partial charge in [-0.1, -0.05) is 6.92 Å². The maximum absolute atomic E-state index is 11.9. The van der Waals surface area contributed by atoms with Crippen molar-refractivity contribution in [3.05, 3.63) is 10.6 Å². The number of nitrogens with zero attached hydrogens (tertiary/aromatic N) is 2. The van der Waals surface area contributed by atoms with Crippen LogP contribution in [0.2, 0.25) is 0 Å². The van der Waals surface area contributed by atoms with Gasteiger partial charge in [-0.3, -0.25) is 9.59 Å². The van der Waals surface area contributed by atoms with E-state index in [9.17, 15) is 9.59 Å². The third-order valence-corrected chi connectivity index (χ3v) is 4.87. The monoisotopic (exact) mass is 279 g/mol. The van der Waals surface area contributed by atoms with Crippen molar-refractivity contribution >= 4 is 28.2 Å². The second-order valence-corrected chi connectivity index (χ2v) is 6.02. The Morgan fingerprint density at radius 3 is 3.00 bits per heavy atom. The Morgan fingerprint density at radius 2 is 2.26 bits per heavy atom. The van der Waals surface area contributed by atoms with Crippen LogP contribution in [0.5, 0.6) is 0 Å². The molecule has 1 unspecified atom stereocenters. The van der Waals surface area contributed by atoms with Crippen LogP contribution in [0.3, 0.4) is 0 Å². The molecule has 5 nitrogen and oxygen atoms in total. The number of fused-ring (bicyclic) bond motifs is 1. The number of ketones is 1. The van der Waals surface area contributed by atoms with Crippen molar-refractivity contribution in [1.29, 1.82) is 0 Å². The number of piperazine rings is 1. The highest BCUT2D eigenvalue weighted by Gasteiger charge is 2.32. The molecule has 0 spiro atoms. The number of Topliss-reactive ketones (excluding diaryl/α,β-unsaturated/α-hetero) is 1. The Bertz CT molecular complexity index is 526. The molecule has 1 N–H and O–H groups in total. The van der Waals surface area contributed by atoms with Gasteiger partial charge in [0.1, 0.15) is 11.7 Å². The molecule has 0 saturated carbocycles. The molecule has 102 valence electrons. The lowest BCUT2D eigenvalue weighted by atomic mass is 10.0. The van der Waals surface area contributed by atoms with E-state index in [0.717, 1.165) is 35.8 Å². The van der Waals surface area contributed by atoms with Crippen molar-refractivity contribution in [2.45, 2.75) is 38.6 Å². The first-order valence-electron chi connectivity index (χ1n) is 6.78. The predicted molar refractivity (Wildman–Crippen MR) is 73.8 cm³/mol. The van der Waals surface area contributed by atoms with Crippen LogP contribution in [0.4, 0.5) is 5.13 Å². The predicted octanol–water partition coefficient (Wildman–Crippen LogP) is 1.38. The quantitative estimate of drug-likeness (QED) is 0.888. The van der Waals surface area contributed by atoms with Gasteiger partial charge in [-0.05, 0) is 19.3 Å². The summed E-state index contributed by atoms with van der Waals surface area (Å²) >= 11 is 1.58. The molecule has 1 atom stereocenters. The molecule has 19 heavy (non-hydrogen) atoms. The van der Waals surface area contributed by atoms with E-state index >= 15 is 0 Å². The summed E-state index contributed by atoms with van der Waals surface area (Å²) in [6.07, 6.45) is 3.22. The molecule has 2 heterocycles. The van der Waals surface area contributed by atoms with E-state index in [1.165, 1.54) is 0 Å². The van der Waals surface area contributed by atoms with Crippen LogP contribution in [0.15, 0.2) is 0 Å². The van der Waals surface area contributed by atoms with Gasteiger partial charge in [0.2, 0.25) is 5.91 Å². The van der Waals surface area contributed by atoms with Crippen LogP contribution in [-0.4, -0.2) is 35.8 Å². The zero-order valence-corrected chi connectivity index (χ0v) is 11.8. The van der Waals surface area contributed by atoms with E-state index in [0.29, 0.717) is 18.7 Å². The van der Waals surface area contributed by atoms with Gasteiger partial charge in [0, 0.05) is 24.4 Å². The first-order valence-corrected chi connectivity index (χ1v) is 7.59. The first kappa shape index (κ1) is 12.6. The van der Waals surface area contributed by atoms with Crippen LogP contribution in [0.1, 0.15) is 41.6 Å². The molecule has 1 aliphatic carbocycles. The summed E-state index contributed by atoms with van der Waals surface area (Å²) < 4.78 is 0. The van der Waals surface area contributed by atoms with E-state index < -0.39 is 0 Å². The maximum Gasteiger partial charge on any atom is 0.242 e. The second-order valence-electron chi connectivity index (χ2n) is 4.95. The highest BCUT2D eigenvalue weighted by Crippen LogP contribution is 2.33. The minimum atomic E-state index is -0.156. The Balaban J connectivity index is 1.93. The summed E-state index contributed by atoms with van der Waals surface area (Å²) in [5.74, 6) is 0.214. The molecule has 1 fully saturated rings. The van der Waals surface area contributed by atoms with Crippen molar-refractivity contribution < 1.29 is 9.59 Å². The zero-order chi connectivity index (χ0) is 13.4. The van der Waals surface area contributed by atoms with E-state index in [1.807, 2.05) is 6.92 Å². The lowest BCUT2D eigenvalue weighted by Gasteiger charge is -2.34. The largest absolute Gasteiger partial charge is 0.353 e. The van der Waals surface area contributed by atoms with Gasteiger partial charge in [-0.15, -0.1) is 11.3 Å². The van der Waals surface area contributed by atoms with Gasteiger partial charge < -0.3 is 10.2 Å². The summed E-state index contributed by atoms with van der Waals surface area (Å²) in [6.45, 7) is 3.42. The number of hydrogen-bond acceptors (Lipinski definition) is 5. The molecule has 1 aromatic rings. The second kappa shape index (κ2) is 4.92. The number of aromatic nitrogens is 1. The Labute approximate surface area is 116 Å². The van der Waals surface area contributed by atoms with E-state index in [1.54, 1.807) is 11.3 Å². The number of hydrogen-bond donors (Lipinski definition) is 1. The van der Waals surface area contributed by atoms with Crippen LogP contribution >= 0.6 is 11.3 Å². The van der Waals surface area contributed by atoms with Crippen LogP contribution in [-0.2, 0) is 11.2 Å². The smallest absolute Gasteiger partial charge is 0.242 e. The number of thiazole rings is 1. The van der Waals surface area contributed by atoms with Crippen molar-refractivity contribution in [1.82, 2.24) is 10.3 Å². The zero-order valence-electron chi connectivity index (χ0n) is 10.9. The minimum absolute atomic E-state index is 0.0632. The summed E-state index contributed by atoms with van der Waals surface area (Å²) in [5, 5.41) is 3.72. The number of amides is 1. The number of anilines is 1. The third kappa shape index (κ3) is 2.14. The number of carbonyl (C=O) groups excluding carboxylic acids is 2. The number of aryl methyl sites for hydroxylation is 1. The molecule has 2 aliphatic rings. The average Bonchev–Trinajstić information content (AvgIpc) is 2.84. The Kier molecular flexibility index (Phi) is 3.26. The van der Waals surface area contributed by atoms with Crippen molar-refractivity contribution in [2.75, 3.05) is 18.0 Å². The number of nitrogens with one attached hydrogen (secondary N) is 1.